The van der Waals surface area contributed by atoms with E-state index >= 15 is 0 Å². The minimum Gasteiger partial charge on any atom is -0.480 e. The fourth-order valence-corrected chi connectivity index (χ4v) is 2.67. The SMILES string of the molecule is CC(=O)Nc1cc(S(=O)(=O)NC(C)C(=O)O)ccc1C. The molecule has 3 N–H and O–H groups in total. The van der Waals surface area contributed by atoms with Crippen LogP contribution in [-0.4, -0.2) is 31.4 Å². The fraction of sp³-hybridized carbons (Fsp3) is 0.333. The number of hydrogen-bond donors (Lipinski definition) is 3. The summed E-state index contributed by atoms with van der Waals surface area (Å²) in [5.74, 6) is -1.60. The number of carboxylic acids is 1. The first kappa shape index (κ1) is 16.1. The highest BCUT2D eigenvalue weighted by Crippen LogP contribution is 2.20. The van der Waals surface area contributed by atoms with Crippen LogP contribution in [-0.2, 0) is 19.6 Å². The third-order valence-electron chi connectivity index (χ3n) is 2.53. The van der Waals surface area contributed by atoms with E-state index in [2.05, 4.69) is 5.32 Å². The Morgan fingerprint density at radius 2 is 1.90 bits per heavy atom. The summed E-state index contributed by atoms with van der Waals surface area (Å²) in [5.41, 5.74) is 1.06. The normalized spacial score (nSPS) is 12.8. The maximum atomic E-state index is 12.0. The van der Waals surface area contributed by atoms with E-state index in [9.17, 15) is 18.0 Å². The van der Waals surface area contributed by atoms with E-state index < -0.39 is 22.0 Å². The molecule has 8 heteroatoms. The molecule has 0 aliphatic heterocycles. The highest BCUT2D eigenvalue weighted by atomic mass is 32.2. The molecule has 1 aromatic carbocycles. The second kappa shape index (κ2) is 6.02. The molecule has 0 bridgehead atoms. The lowest BCUT2D eigenvalue weighted by atomic mass is 10.2. The summed E-state index contributed by atoms with van der Waals surface area (Å²) in [7, 11) is -3.96. The van der Waals surface area contributed by atoms with Crippen LogP contribution in [0, 0.1) is 6.92 Å². The molecule has 0 aromatic heterocycles. The molecule has 0 saturated heterocycles. The first-order chi connectivity index (χ1) is 9.13. The molecule has 1 atom stereocenters. The van der Waals surface area contributed by atoms with Crippen molar-refractivity contribution in [1.29, 1.82) is 0 Å². The van der Waals surface area contributed by atoms with E-state index in [1.165, 1.54) is 32.0 Å². The number of amides is 1. The summed E-state index contributed by atoms with van der Waals surface area (Å²) in [4.78, 5) is 21.6. The number of rotatable bonds is 5. The smallest absolute Gasteiger partial charge is 0.321 e. The van der Waals surface area contributed by atoms with Gasteiger partial charge in [-0.1, -0.05) is 6.07 Å². The van der Waals surface area contributed by atoms with E-state index in [-0.39, 0.29) is 10.8 Å². The number of sulfonamides is 1. The van der Waals surface area contributed by atoms with Crippen molar-refractivity contribution < 1.29 is 23.1 Å². The van der Waals surface area contributed by atoms with Crippen molar-refractivity contribution in [3.63, 3.8) is 0 Å². The summed E-state index contributed by atoms with van der Waals surface area (Å²) >= 11 is 0. The van der Waals surface area contributed by atoms with Gasteiger partial charge in [-0.25, -0.2) is 8.42 Å². The topological polar surface area (TPSA) is 113 Å². The van der Waals surface area contributed by atoms with Gasteiger partial charge < -0.3 is 10.4 Å². The van der Waals surface area contributed by atoms with Crippen LogP contribution in [0.5, 0.6) is 0 Å². The average Bonchev–Trinajstić information content (AvgIpc) is 2.30. The van der Waals surface area contributed by atoms with Gasteiger partial charge in [0.15, 0.2) is 0 Å². The van der Waals surface area contributed by atoms with Crippen molar-refractivity contribution in [2.75, 3.05) is 5.32 Å². The Hall–Kier alpha value is -1.93. The molecule has 0 aliphatic rings. The third kappa shape index (κ3) is 4.04. The van der Waals surface area contributed by atoms with E-state index in [1.54, 1.807) is 6.92 Å². The predicted octanol–water partition coefficient (Wildman–Crippen LogP) is 0.705. The van der Waals surface area contributed by atoms with E-state index in [0.29, 0.717) is 11.3 Å². The second-order valence-electron chi connectivity index (χ2n) is 4.34. The summed E-state index contributed by atoms with van der Waals surface area (Å²) < 4.78 is 26.1. The number of anilines is 1. The van der Waals surface area contributed by atoms with Crippen molar-refractivity contribution in [1.82, 2.24) is 4.72 Å². The highest BCUT2D eigenvalue weighted by molar-refractivity contribution is 7.89. The second-order valence-corrected chi connectivity index (χ2v) is 6.05. The number of carbonyl (C=O) groups is 2. The van der Waals surface area contributed by atoms with Crippen molar-refractivity contribution in [2.45, 2.75) is 31.7 Å². The van der Waals surface area contributed by atoms with E-state index in [0.717, 1.165) is 0 Å². The predicted molar refractivity (Wildman–Crippen MR) is 72.9 cm³/mol. The van der Waals surface area contributed by atoms with Gasteiger partial charge in [-0.2, -0.15) is 4.72 Å². The molecule has 0 radical (unpaired) electrons. The summed E-state index contributed by atoms with van der Waals surface area (Å²) in [6, 6.07) is 2.92. The van der Waals surface area contributed by atoms with Gasteiger partial charge in [0.2, 0.25) is 15.9 Å². The van der Waals surface area contributed by atoms with Gasteiger partial charge in [0, 0.05) is 12.6 Å². The highest BCUT2D eigenvalue weighted by Gasteiger charge is 2.22. The molecule has 0 spiro atoms. The number of aryl methyl sites for hydroxylation is 1. The maximum absolute atomic E-state index is 12.0. The lowest BCUT2D eigenvalue weighted by Gasteiger charge is -2.12. The lowest BCUT2D eigenvalue weighted by Crippen LogP contribution is -2.38. The van der Waals surface area contributed by atoms with Crippen LogP contribution in [0.15, 0.2) is 23.1 Å². The number of nitrogens with one attached hydrogen (secondary N) is 2. The van der Waals surface area contributed by atoms with Crippen molar-refractivity contribution in [3.05, 3.63) is 23.8 Å². The lowest BCUT2D eigenvalue weighted by molar-refractivity contribution is -0.138. The fourth-order valence-electron chi connectivity index (χ4n) is 1.44. The van der Waals surface area contributed by atoms with Gasteiger partial charge in [0.25, 0.3) is 0 Å². The van der Waals surface area contributed by atoms with Crippen molar-refractivity contribution >= 4 is 27.6 Å². The zero-order valence-corrected chi connectivity index (χ0v) is 12.1. The summed E-state index contributed by atoms with van der Waals surface area (Å²) in [6.07, 6.45) is 0. The van der Waals surface area contributed by atoms with Crippen LogP contribution in [0.25, 0.3) is 0 Å². The van der Waals surface area contributed by atoms with Gasteiger partial charge >= 0.3 is 5.97 Å². The van der Waals surface area contributed by atoms with Crippen LogP contribution in [0.2, 0.25) is 0 Å². The Morgan fingerprint density at radius 3 is 2.40 bits per heavy atom. The van der Waals surface area contributed by atoms with Crippen LogP contribution in [0.3, 0.4) is 0 Å². The minimum atomic E-state index is -3.96. The molecule has 20 heavy (non-hydrogen) atoms. The zero-order valence-electron chi connectivity index (χ0n) is 11.3. The number of aliphatic carboxylic acids is 1. The first-order valence-corrected chi connectivity index (χ1v) is 7.25. The third-order valence-corrected chi connectivity index (χ3v) is 4.07. The summed E-state index contributed by atoms with van der Waals surface area (Å²) in [6.45, 7) is 4.25. The van der Waals surface area contributed by atoms with Gasteiger partial charge in [0.1, 0.15) is 6.04 Å². The molecule has 7 nitrogen and oxygen atoms in total. The van der Waals surface area contributed by atoms with Gasteiger partial charge in [0.05, 0.1) is 4.90 Å². The molecule has 1 rings (SSSR count). The van der Waals surface area contributed by atoms with Crippen molar-refractivity contribution in [3.8, 4) is 0 Å². The first-order valence-electron chi connectivity index (χ1n) is 5.77. The van der Waals surface area contributed by atoms with E-state index in [4.69, 9.17) is 5.11 Å². The van der Waals surface area contributed by atoms with Gasteiger partial charge in [-0.3, -0.25) is 9.59 Å². The average molecular weight is 300 g/mol. The largest absolute Gasteiger partial charge is 0.480 e. The van der Waals surface area contributed by atoms with Crippen molar-refractivity contribution in [2.24, 2.45) is 0 Å². The Balaban J connectivity index is 3.13. The molecule has 0 saturated carbocycles. The molecular weight excluding hydrogens is 284 g/mol. The molecule has 1 aromatic rings. The minimum absolute atomic E-state index is 0.111. The summed E-state index contributed by atoms with van der Waals surface area (Å²) in [5, 5.41) is 11.2. The molecular formula is C12H16N2O5S. The standard InChI is InChI=1S/C12H16N2O5S/c1-7-4-5-10(6-11(7)13-9(3)15)20(18,19)14-8(2)12(16)17/h4-6,8,14H,1-3H3,(H,13,15)(H,16,17). The van der Waals surface area contributed by atoms with Crippen LogP contribution in [0.4, 0.5) is 5.69 Å². The molecule has 1 amide bonds. The van der Waals surface area contributed by atoms with Crippen LogP contribution >= 0.6 is 0 Å². The van der Waals surface area contributed by atoms with Gasteiger partial charge in [-0.05, 0) is 31.5 Å². The van der Waals surface area contributed by atoms with Crippen LogP contribution < -0.4 is 10.0 Å². The monoisotopic (exact) mass is 300 g/mol. The molecule has 0 heterocycles. The number of benzene rings is 1. The maximum Gasteiger partial charge on any atom is 0.321 e. The van der Waals surface area contributed by atoms with Crippen LogP contribution in [0.1, 0.15) is 19.4 Å². The Labute approximate surface area is 117 Å². The number of carbonyl (C=O) groups excluding carboxylic acids is 1. The Bertz CT molecular complexity index is 639. The van der Waals surface area contributed by atoms with Gasteiger partial charge in [-0.15, -0.1) is 0 Å². The Morgan fingerprint density at radius 1 is 1.30 bits per heavy atom. The molecule has 0 fully saturated rings. The zero-order chi connectivity index (χ0) is 15.5. The molecule has 1 unspecified atom stereocenters. The quantitative estimate of drug-likeness (QED) is 0.741. The van der Waals surface area contributed by atoms with E-state index in [1.807, 2.05) is 4.72 Å². The molecule has 110 valence electrons. The number of carboxylic acid groups (broad SMARTS) is 1. The Kier molecular flexibility index (Phi) is 4.85. The number of hydrogen-bond acceptors (Lipinski definition) is 4. The molecule has 0 aliphatic carbocycles.